The topological polar surface area (TPSA) is 77.8 Å². The summed E-state index contributed by atoms with van der Waals surface area (Å²) in [4.78, 5) is 26.9. The Hall–Kier alpha value is -3.81. The molecule has 0 radical (unpaired) electrons. The number of nitrogens with zero attached hydrogens (tertiary/aromatic N) is 1. The number of amides is 1. The Morgan fingerprint density at radius 1 is 0.886 bits per heavy atom. The van der Waals surface area contributed by atoms with Gasteiger partial charge < -0.3 is 15.1 Å². The third kappa shape index (κ3) is 4.48. The van der Waals surface area contributed by atoms with Crippen LogP contribution < -0.4 is 0 Å². The minimum atomic E-state index is -4.54. The maximum atomic E-state index is 13.5. The molecule has 0 fully saturated rings. The van der Waals surface area contributed by atoms with Gasteiger partial charge in [-0.15, -0.1) is 0 Å². The van der Waals surface area contributed by atoms with Crippen LogP contribution in [-0.2, 0) is 22.9 Å². The summed E-state index contributed by atoms with van der Waals surface area (Å²) in [7, 11) is 0. The number of phenols is 1. The molecule has 1 amide bonds. The zero-order valence-corrected chi connectivity index (χ0v) is 19.3. The van der Waals surface area contributed by atoms with Crippen LogP contribution in [0.4, 0.5) is 13.2 Å². The maximum absolute atomic E-state index is 13.5. The molecule has 0 saturated heterocycles. The molecule has 35 heavy (non-hydrogen) atoms. The average Bonchev–Trinajstić information content (AvgIpc) is 3.05. The second-order valence-corrected chi connectivity index (χ2v) is 9.62. The van der Waals surface area contributed by atoms with Crippen molar-refractivity contribution < 1.29 is 33.0 Å². The lowest BCUT2D eigenvalue weighted by atomic mass is 9.87. The molecule has 3 aromatic rings. The number of carboxylic acid groups (broad SMARTS) is 1. The number of aliphatic carboxylic acids is 1. The number of carboxylic acids is 1. The van der Waals surface area contributed by atoms with E-state index in [2.05, 4.69) is 20.8 Å². The lowest BCUT2D eigenvalue weighted by molar-refractivity contribution is -0.142. The number of alkyl halides is 3. The average molecular weight is 483 g/mol. The Morgan fingerprint density at radius 3 is 1.97 bits per heavy atom. The minimum absolute atomic E-state index is 0.0121. The highest BCUT2D eigenvalue weighted by atomic mass is 19.4. The van der Waals surface area contributed by atoms with Gasteiger partial charge in [0, 0.05) is 12.1 Å². The minimum Gasteiger partial charge on any atom is -0.507 e. The Labute approximate surface area is 200 Å². The van der Waals surface area contributed by atoms with Crippen molar-refractivity contribution in [3.05, 3.63) is 88.5 Å². The number of aromatic hydroxyl groups is 1. The van der Waals surface area contributed by atoms with Gasteiger partial charge in [-0.1, -0.05) is 63.2 Å². The van der Waals surface area contributed by atoms with Gasteiger partial charge in [0.1, 0.15) is 5.75 Å². The molecule has 1 heterocycles. The molecule has 3 aromatic carbocycles. The van der Waals surface area contributed by atoms with Crippen molar-refractivity contribution in [1.82, 2.24) is 4.90 Å². The van der Waals surface area contributed by atoms with Crippen molar-refractivity contribution in [2.45, 2.75) is 44.9 Å². The van der Waals surface area contributed by atoms with Crippen molar-refractivity contribution in [3.63, 3.8) is 0 Å². The molecular weight excluding hydrogens is 459 g/mol. The number of rotatable bonds is 4. The maximum Gasteiger partial charge on any atom is 0.416 e. The number of benzene rings is 3. The first-order chi connectivity index (χ1) is 16.3. The Bertz CT molecular complexity index is 1290. The molecule has 0 saturated carbocycles. The summed E-state index contributed by atoms with van der Waals surface area (Å²) in [5.41, 5.74) is 1.22. The fourth-order valence-electron chi connectivity index (χ4n) is 4.35. The highest BCUT2D eigenvalue weighted by molar-refractivity contribution is 6.09. The van der Waals surface area contributed by atoms with E-state index in [4.69, 9.17) is 0 Å². The van der Waals surface area contributed by atoms with E-state index in [1.165, 1.54) is 17.0 Å². The zero-order valence-electron chi connectivity index (χ0n) is 19.3. The van der Waals surface area contributed by atoms with Crippen LogP contribution in [0.25, 0.3) is 11.1 Å². The predicted molar refractivity (Wildman–Crippen MR) is 124 cm³/mol. The van der Waals surface area contributed by atoms with Gasteiger partial charge in [-0.05, 0) is 45.9 Å². The van der Waals surface area contributed by atoms with E-state index in [-0.39, 0.29) is 40.0 Å². The largest absolute Gasteiger partial charge is 0.507 e. The molecule has 4 rings (SSSR count). The zero-order chi connectivity index (χ0) is 25.7. The highest BCUT2D eigenvalue weighted by Gasteiger charge is 2.43. The molecule has 1 aliphatic heterocycles. The van der Waals surface area contributed by atoms with Crippen molar-refractivity contribution in [3.8, 4) is 16.9 Å². The first-order valence-electron chi connectivity index (χ1n) is 11.0. The smallest absolute Gasteiger partial charge is 0.416 e. The third-order valence-corrected chi connectivity index (χ3v) is 6.20. The van der Waals surface area contributed by atoms with Crippen molar-refractivity contribution in [1.29, 1.82) is 0 Å². The van der Waals surface area contributed by atoms with Crippen LogP contribution in [0.15, 0.2) is 60.7 Å². The normalized spacial score (nSPS) is 15.9. The van der Waals surface area contributed by atoms with Crippen LogP contribution in [0.5, 0.6) is 5.75 Å². The van der Waals surface area contributed by atoms with E-state index in [0.29, 0.717) is 0 Å². The standard InChI is InChI=1S/C27H24F3NO4/c1-26(2,3)17-8-4-15(5-9-17)14-31-23(25(34)35)19-12-13-20(32)21(22(19)24(31)33)16-6-10-18(11-7-16)27(28,29)30/h4-13,23,32H,14H2,1-3H3,(H,34,35). The highest BCUT2D eigenvalue weighted by Crippen LogP contribution is 2.44. The number of carbonyl (C=O) groups is 2. The Kier molecular flexibility index (Phi) is 5.87. The molecule has 5 nitrogen and oxygen atoms in total. The molecular formula is C27H24F3NO4. The van der Waals surface area contributed by atoms with Crippen LogP contribution in [-0.4, -0.2) is 27.0 Å². The number of phenolic OH excluding ortho intramolecular Hbond substituents is 1. The molecule has 8 heteroatoms. The summed E-state index contributed by atoms with van der Waals surface area (Å²) in [6.45, 7) is 6.22. The number of hydrogen-bond donors (Lipinski definition) is 2. The van der Waals surface area contributed by atoms with Gasteiger partial charge >= 0.3 is 12.1 Å². The van der Waals surface area contributed by atoms with Crippen LogP contribution in [0.2, 0.25) is 0 Å². The van der Waals surface area contributed by atoms with Crippen molar-refractivity contribution in [2.75, 3.05) is 0 Å². The second-order valence-electron chi connectivity index (χ2n) is 9.62. The van der Waals surface area contributed by atoms with E-state index in [1.807, 2.05) is 24.3 Å². The Morgan fingerprint density at radius 2 is 1.46 bits per heavy atom. The number of carbonyl (C=O) groups excluding carboxylic acids is 1. The lowest BCUT2D eigenvalue weighted by Crippen LogP contribution is -2.32. The van der Waals surface area contributed by atoms with E-state index in [9.17, 15) is 33.0 Å². The van der Waals surface area contributed by atoms with Crippen molar-refractivity contribution >= 4 is 11.9 Å². The molecule has 1 aliphatic rings. The van der Waals surface area contributed by atoms with Gasteiger partial charge in [0.15, 0.2) is 6.04 Å². The molecule has 0 bridgehead atoms. The van der Waals surface area contributed by atoms with E-state index in [0.717, 1.165) is 35.4 Å². The molecule has 0 aromatic heterocycles. The summed E-state index contributed by atoms with van der Waals surface area (Å²) in [6, 6.07) is 12.9. The summed E-state index contributed by atoms with van der Waals surface area (Å²) >= 11 is 0. The van der Waals surface area contributed by atoms with Crippen molar-refractivity contribution in [2.24, 2.45) is 0 Å². The number of hydrogen-bond acceptors (Lipinski definition) is 3. The fraction of sp³-hybridized carbons (Fsp3) is 0.259. The Balaban J connectivity index is 1.76. The molecule has 1 atom stereocenters. The van der Waals surface area contributed by atoms with Crippen LogP contribution in [0.3, 0.4) is 0 Å². The molecule has 2 N–H and O–H groups in total. The van der Waals surface area contributed by atoms with Crippen LogP contribution in [0, 0.1) is 0 Å². The molecule has 0 aliphatic carbocycles. The van der Waals surface area contributed by atoms with Gasteiger partial charge in [-0.25, -0.2) is 4.79 Å². The van der Waals surface area contributed by atoms with Gasteiger partial charge in [0.2, 0.25) is 0 Å². The molecule has 182 valence electrons. The second kappa shape index (κ2) is 8.45. The third-order valence-electron chi connectivity index (χ3n) is 6.20. The predicted octanol–water partition coefficient (Wildman–Crippen LogP) is 6.16. The quantitative estimate of drug-likeness (QED) is 0.466. The first-order valence-corrected chi connectivity index (χ1v) is 11.0. The SMILES string of the molecule is CC(C)(C)c1ccc(CN2C(=O)c3c(ccc(O)c3-c3ccc(C(F)(F)F)cc3)C2C(=O)O)cc1. The summed E-state index contributed by atoms with van der Waals surface area (Å²) in [5.74, 6) is -2.18. The van der Waals surface area contributed by atoms with E-state index in [1.54, 1.807) is 0 Å². The summed E-state index contributed by atoms with van der Waals surface area (Å²) in [6.07, 6.45) is -4.54. The van der Waals surface area contributed by atoms with Gasteiger partial charge in [-0.3, -0.25) is 4.79 Å². The first kappa shape index (κ1) is 24.3. The van der Waals surface area contributed by atoms with E-state index >= 15 is 0 Å². The number of fused-ring (bicyclic) bond motifs is 1. The van der Waals surface area contributed by atoms with Crippen LogP contribution >= 0.6 is 0 Å². The number of halogens is 3. The fourth-order valence-corrected chi connectivity index (χ4v) is 4.35. The molecule has 1 unspecified atom stereocenters. The lowest BCUT2D eigenvalue weighted by Gasteiger charge is -2.23. The van der Waals surface area contributed by atoms with E-state index < -0.39 is 29.7 Å². The van der Waals surface area contributed by atoms with Gasteiger partial charge in [0.05, 0.1) is 11.1 Å². The molecule has 0 spiro atoms. The monoisotopic (exact) mass is 483 g/mol. The van der Waals surface area contributed by atoms with Gasteiger partial charge in [0.25, 0.3) is 5.91 Å². The van der Waals surface area contributed by atoms with Gasteiger partial charge in [-0.2, -0.15) is 13.2 Å². The summed E-state index contributed by atoms with van der Waals surface area (Å²) in [5, 5.41) is 20.5. The van der Waals surface area contributed by atoms with Crippen LogP contribution in [0.1, 0.15) is 59.4 Å². The summed E-state index contributed by atoms with van der Waals surface area (Å²) < 4.78 is 39.0.